The van der Waals surface area contributed by atoms with Gasteiger partial charge in [0, 0.05) is 19.3 Å². The molecule has 0 aliphatic carbocycles. The van der Waals surface area contributed by atoms with Crippen LogP contribution in [0.1, 0.15) is 291 Å². The van der Waals surface area contributed by atoms with Crippen molar-refractivity contribution in [2.75, 3.05) is 13.2 Å². The molecule has 0 aliphatic rings. The fraction of sp³-hybridized carbons (Fsp3) is 0.942. The van der Waals surface area contributed by atoms with Crippen LogP contribution in [0.5, 0.6) is 0 Å². The molecule has 0 fully saturated rings. The first-order chi connectivity index (χ1) is 28.4. The van der Waals surface area contributed by atoms with Crippen LogP contribution in [0.3, 0.4) is 0 Å². The molecule has 6 heteroatoms. The van der Waals surface area contributed by atoms with Gasteiger partial charge < -0.3 is 14.2 Å². The Morgan fingerprint density at radius 1 is 0.345 bits per heavy atom. The van der Waals surface area contributed by atoms with Gasteiger partial charge in [-0.25, -0.2) is 0 Å². The van der Waals surface area contributed by atoms with Crippen molar-refractivity contribution in [3.8, 4) is 0 Å². The van der Waals surface area contributed by atoms with Crippen LogP contribution in [0.2, 0.25) is 0 Å². The summed E-state index contributed by atoms with van der Waals surface area (Å²) < 4.78 is 16.7. The fourth-order valence-corrected chi connectivity index (χ4v) is 7.83. The SMILES string of the molecule is CCCCCCCCCCCCCCCCCC(=O)O[C@H](COC(=O)CCCCCCCCC)COC(=O)CCCCCCCCCCCCCCCCC(C)CC. The second-order valence-electron chi connectivity index (χ2n) is 18.1. The third-order valence-electron chi connectivity index (χ3n) is 12.2. The van der Waals surface area contributed by atoms with Gasteiger partial charge in [0.25, 0.3) is 0 Å². The molecule has 0 N–H and O–H groups in total. The van der Waals surface area contributed by atoms with Crippen LogP contribution >= 0.6 is 0 Å². The quantitative estimate of drug-likeness (QED) is 0.0346. The summed E-state index contributed by atoms with van der Waals surface area (Å²) in [5.74, 6) is 0.0449. The van der Waals surface area contributed by atoms with Gasteiger partial charge in [-0.15, -0.1) is 0 Å². The monoisotopic (exact) mass is 821 g/mol. The van der Waals surface area contributed by atoms with E-state index in [2.05, 4.69) is 27.7 Å². The Labute approximate surface area is 361 Å². The highest BCUT2D eigenvalue weighted by Crippen LogP contribution is 2.18. The number of esters is 3. The third-order valence-corrected chi connectivity index (χ3v) is 12.2. The molecule has 0 spiro atoms. The molecule has 0 aromatic heterocycles. The summed E-state index contributed by atoms with van der Waals surface area (Å²) in [7, 11) is 0. The van der Waals surface area contributed by atoms with Gasteiger partial charge in [-0.05, 0) is 25.2 Å². The lowest BCUT2D eigenvalue weighted by Gasteiger charge is -2.18. The van der Waals surface area contributed by atoms with E-state index in [4.69, 9.17) is 14.2 Å². The minimum Gasteiger partial charge on any atom is -0.462 e. The summed E-state index contributed by atoms with van der Waals surface area (Å²) in [6.07, 6.45) is 48.1. The molecular weight excluding hydrogens is 721 g/mol. The Morgan fingerprint density at radius 2 is 0.603 bits per heavy atom. The Hall–Kier alpha value is -1.59. The molecule has 6 nitrogen and oxygen atoms in total. The normalized spacial score (nSPS) is 12.4. The molecule has 0 heterocycles. The van der Waals surface area contributed by atoms with Crippen LogP contribution < -0.4 is 0 Å². The predicted molar refractivity (Wildman–Crippen MR) is 247 cm³/mol. The number of ether oxygens (including phenoxy) is 3. The van der Waals surface area contributed by atoms with Crippen molar-refractivity contribution in [2.24, 2.45) is 5.92 Å². The van der Waals surface area contributed by atoms with E-state index in [1.807, 2.05) is 0 Å². The minimum absolute atomic E-state index is 0.0631. The van der Waals surface area contributed by atoms with Crippen LogP contribution in [0, 0.1) is 5.92 Å². The number of rotatable bonds is 47. The molecule has 0 radical (unpaired) electrons. The number of hydrogen-bond acceptors (Lipinski definition) is 6. The predicted octanol–water partition coefficient (Wildman–Crippen LogP) is 16.7. The average Bonchev–Trinajstić information content (AvgIpc) is 3.22. The number of carbonyl (C=O) groups excluding carboxylic acids is 3. The number of hydrogen-bond donors (Lipinski definition) is 0. The zero-order chi connectivity index (χ0) is 42.4. The molecule has 0 saturated heterocycles. The lowest BCUT2D eigenvalue weighted by Crippen LogP contribution is -2.30. The van der Waals surface area contributed by atoms with Crippen LogP contribution in [0.4, 0.5) is 0 Å². The van der Waals surface area contributed by atoms with E-state index in [-0.39, 0.29) is 31.1 Å². The molecule has 0 amide bonds. The van der Waals surface area contributed by atoms with Crippen LogP contribution in [-0.2, 0) is 28.6 Å². The summed E-state index contributed by atoms with van der Waals surface area (Å²) in [6, 6.07) is 0. The molecule has 0 rings (SSSR count). The topological polar surface area (TPSA) is 78.9 Å². The molecule has 0 aliphatic heterocycles. The molecular formula is C52H100O6. The lowest BCUT2D eigenvalue weighted by molar-refractivity contribution is -0.167. The van der Waals surface area contributed by atoms with E-state index in [1.165, 1.54) is 186 Å². The van der Waals surface area contributed by atoms with Crippen LogP contribution in [0.25, 0.3) is 0 Å². The van der Waals surface area contributed by atoms with E-state index in [1.54, 1.807) is 0 Å². The van der Waals surface area contributed by atoms with Crippen molar-refractivity contribution in [2.45, 2.75) is 297 Å². The van der Waals surface area contributed by atoms with Crippen molar-refractivity contribution >= 4 is 17.9 Å². The maximum Gasteiger partial charge on any atom is 0.306 e. The molecule has 2 atom stereocenters. The Balaban J connectivity index is 4.19. The van der Waals surface area contributed by atoms with Crippen LogP contribution in [-0.4, -0.2) is 37.2 Å². The molecule has 344 valence electrons. The van der Waals surface area contributed by atoms with Gasteiger partial charge in [0.2, 0.25) is 0 Å². The number of unbranched alkanes of at least 4 members (excludes halogenated alkanes) is 33. The Morgan fingerprint density at radius 3 is 0.897 bits per heavy atom. The van der Waals surface area contributed by atoms with Gasteiger partial charge in [-0.2, -0.15) is 0 Å². The molecule has 0 bridgehead atoms. The smallest absolute Gasteiger partial charge is 0.306 e. The van der Waals surface area contributed by atoms with Crippen molar-refractivity contribution in [1.29, 1.82) is 0 Å². The van der Waals surface area contributed by atoms with Gasteiger partial charge in [0.15, 0.2) is 6.10 Å². The number of carbonyl (C=O) groups is 3. The Kier molecular flexibility index (Phi) is 45.2. The van der Waals surface area contributed by atoms with Gasteiger partial charge in [0.1, 0.15) is 13.2 Å². The summed E-state index contributed by atoms with van der Waals surface area (Å²) >= 11 is 0. The summed E-state index contributed by atoms with van der Waals surface area (Å²) in [5.41, 5.74) is 0. The molecule has 0 saturated carbocycles. The average molecular weight is 821 g/mol. The van der Waals surface area contributed by atoms with Crippen LogP contribution in [0.15, 0.2) is 0 Å². The van der Waals surface area contributed by atoms with E-state index in [0.29, 0.717) is 19.3 Å². The highest BCUT2D eigenvalue weighted by Gasteiger charge is 2.19. The lowest BCUT2D eigenvalue weighted by atomic mass is 9.99. The Bertz CT molecular complexity index is 874. The van der Waals surface area contributed by atoms with E-state index >= 15 is 0 Å². The van der Waals surface area contributed by atoms with E-state index < -0.39 is 6.10 Å². The van der Waals surface area contributed by atoms with Crippen molar-refractivity contribution in [3.63, 3.8) is 0 Å². The summed E-state index contributed by atoms with van der Waals surface area (Å²) in [4.78, 5) is 37.8. The first-order valence-corrected chi connectivity index (χ1v) is 25.9. The van der Waals surface area contributed by atoms with Gasteiger partial charge in [0.05, 0.1) is 0 Å². The standard InChI is InChI=1S/C52H100O6/c1-5-8-10-12-14-15-16-17-18-23-26-29-33-37-41-45-52(55)58-49(46-56-50(53)43-39-35-30-13-11-9-6-2)47-57-51(54)44-40-36-32-28-25-22-20-19-21-24-27-31-34-38-42-48(4)7-3/h48-49H,5-47H2,1-4H3/t48?,49-/m1/s1. The highest BCUT2D eigenvalue weighted by molar-refractivity contribution is 5.71. The van der Waals surface area contributed by atoms with Crippen molar-refractivity contribution in [1.82, 2.24) is 0 Å². The first kappa shape index (κ1) is 56.4. The second kappa shape index (κ2) is 46.5. The van der Waals surface area contributed by atoms with Crippen molar-refractivity contribution in [3.05, 3.63) is 0 Å². The highest BCUT2D eigenvalue weighted by atomic mass is 16.6. The molecule has 0 aromatic rings. The summed E-state index contributed by atoms with van der Waals surface area (Å²) in [5, 5.41) is 0. The van der Waals surface area contributed by atoms with Gasteiger partial charge >= 0.3 is 17.9 Å². The van der Waals surface area contributed by atoms with E-state index in [9.17, 15) is 14.4 Å². The zero-order valence-electron chi connectivity index (χ0n) is 39.5. The maximum atomic E-state index is 12.7. The van der Waals surface area contributed by atoms with E-state index in [0.717, 1.165) is 63.7 Å². The second-order valence-corrected chi connectivity index (χ2v) is 18.1. The molecule has 1 unspecified atom stereocenters. The fourth-order valence-electron chi connectivity index (χ4n) is 7.83. The largest absolute Gasteiger partial charge is 0.462 e. The van der Waals surface area contributed by atoms with Crippen molar-refractivity contribution < 1.29 is 28.6 Å². The van der Waals surface area contributed by atoms with Gasteiger partial charge in [-0.3, -0.25) is 14.4 Å². The zero-order valence-corrected chi connectivity index (χ0v) is 39.5. The summed E-state index contributed by atoms with van der Waals surface area (Å²) in [6.45, 7) is 9.03. The third kappa shape index (κ3) is 44.0. The first-order valence-electron chi connectivity index (χ1n) is 25.9. The minimum atomic E-state index is -0.759. The van der Waals surface area contributed by atoms with Gasteiger partial charge in [-0.1, -0.05) is 252 Å². The maximum absolute atomic E-state index is 12.7. The molecule has 58 heavy (non-hydrogen) atoms. The molecule has 0 aromatic carbocycles.